The molecule has 1 amide bonds. The lowest BCUT2D eigenvalue weighted by atomic mass is 10.1. The minimum atomic E-state index is -0.517. The third kappa shape index (κ3) is 2.63. The van der Waals surface area contributed by atoms with E-state index in [4.69, 9.17) is 10.5 Å². The number of ether oxygens (including phenoxy) is 1. The van der Waals surface area contributed by atoms with Gasteiger partial charge >= 0.3 is 0 Å². The van der Waals surface area contributed by atoms with Gasteiger partial charge in [-0.05, 0) is 44.0 Å². The fourth-order valence-corrected chi connectivity index (χ4v) is 2.70. The molecule has 1 fully saturated rings. The SMILES string of the molecule is CC(Oc1ccc(N)c2cccnc12)C(=O)N1CCCC1. The zero-order valence-corrected chi connectivity index (χ0v) is 12.1. The maximum Gasteiger partial charge on any atom is 0.263 e. The van der Waals surface area contributed by atoms with Crippen LogP contribution in [0.2, 0.25) is 0 Å². The van der Waals surface area contributed by atoms with Crippen LogP contribution in [-0.2, 0) is 4.79 Å². The highest BCUT2D eigenvalue weighted by Gasteiger charge is 2.25. The summed E-state index contributed by atoms with van der Waals surface area (Å²) >= 11 is 0. The van der Waals surface area contributed by atoms with Crippen LogP contribution in [0, 0.1) is 0 Å². The second-order valence-corrected chi connectivity index (χ2v) is 5.34. The maximum atomic E-state index is 12.3. The van der Waals surface area contributed by atoms with E-state index in [1.807, 2.05) is 17.0 Å². The highest BCUT2D eigenvalue weighted by atomic mass is 16.5. The molecule has 3 rings (SSSR count). The van der Waals surface area contributed by atoms with Gasteiger partial charge in [0.1, 0.15) is 11.3 Å². The molecule has 0 spiro atoms. The number of rotatable bonds is 3. The molecule has 0 radical (unpaired) electrons. The molecule has 21 heavy (non-hydrogen) atoms. The largest absolute Gasteiger partial charge is 0.479 e. The van der Waals surface area contributed by atoms with E-state index < -0.39 is 6.10 Å². The summed E-state index contributed by atoms with van der Waals surface area (Å²) in [6.07, 6.45) is 3.33. The Balaban J connectivity index is 1.84. The summed E-state index contributed by atoms with van der Waals surface area (Å²) < 4.78 is 5.85. The molecular weight excluding hydrogens is 266 g/mol. The molecule has 1 aromatic heterocycles. The first-order valence-electron chi connectivity index (χ1n) is 7.25. The topological polar surface area (TPSA) is 68.5 Å². The summed E-state index contributed by atoms with van der Waals surface area (Å²) in [5, 5.41) is 0.843. The van der Waals surface area contributed by atoms with Crippen molar-refractivity contribution in [1.29, 1.82) is 0 Å². The average Bonchev–Trinajstić information content (AvgIpc) is 3.04. The average molecular weight is 285 g/mol. The molecule has 110 valence electrons. The number of anilines is 1. The molecule has 2 heterocycles. The predicted molar refractivity (Wildman–Crippen MR) is 82.1 cm³/mol. The molecule has 0 bridgehead atoms. The number of aromatic nitrogens is 1. The van der Waals surface area contributed by atoms with Crippen LogP contribution < -0.4 is 10.5 Å². The third-order valence-electron chi connectivity index (χ3n) is 3.84. The standard InChI is InChI=1S/C16H19N3O2/c1-11(16(20)19-9-2-3-10-19)21-14-7-6-13(17)12-5-4-8-18-15(12)14/h4-8,11H,2-3,9-10,17H2,1H3. The molecule has 1 saturated heterocycles. The van der Waals surface area contributed by atoms with Gasteiger partial charge in [-0.25, -0.2) is 0 Å². The summed E-state index contributed by atoms with van der Waals surface area (Å²) in [4.78, 5) is 18.5. The van der Waals surface area contributed by atoms with Crippen LogP contribution >= 0.6 is 0 Å². The summed E-state index contributed by atoms with van der Waals surface area (Å²) in [5.41, 5.74) is 7.29. The number of nitrogens with zero attached hydrogens (tertiary/aromatic N) is 2. The van der Waals surface area contributed by atoms with Gasteiger partial charge in [0.25, 0.3) is 5.91 Å². The normalized spacial score (nSPS) is 16.1. The minimum Gasteiger partial charge on any atom is -0.479 e. The van der Waals surface area contributed by atoms with Crippen LogP contribution in [0.25, 0.3) is 10.9 Å². The van der Waals surface area contributed by atoms with Crippen molar-refractivity contribution in [2.45, 2.75) is 25.9 Å². The van der Waals surface area contributed by atoms with Crippen molar-refractivity contribution in [3.05, 3.63) is 30.5 Å². The van der Waals surface area contributed by atoms with Crippen molar-refractivity contribution in [2.24, 2.45) is 0 Å². The molecular formula is C16H19N3O2. The smallest absolute Gasteiger partial charge is 0.263 e. The second kappa shape index (κ2) is 5.60. The Labute approximate surface area is 123 Å². The van der Waals surface area contributed by atoms with Gasteiger partial charge in [-0.2, -0.15) is 0 Å². The fourth-order valence-electron chi connectivity index (χ4n) is 2.70. The van der Waals surface area contributed by atoms with Gasteiger partial charge in [0.2, 0.25) is 0 Å². The first-order chi connectivity index (χ1) is 10.2. The summed E-state index contributed by atoms with van der Waals surface area (Å²) in [6.45, 7) is 3.44. The number of nitrogens with two attached hydrogens (primary N) is 1. The van der Waals surface area contributed by atoms with Crippen LogP contribution in [-0.4, -0.2) is 35.0 Å². The van der Waals surface area contributed by atoms with Crippen LogP contribution in [0.15, 0.2) is 30.5 Å². The van der Waals surface area contributed by atoms with Crippen molar-refractivity contribution in [3.8, 4) is 5.75 Å². The Bertz CT molecular complexity index is 666. The van der Waals surface area contributed by atoms with E-state index in [0.29, 0.717) is 17.0 Å². The zero-order chi connectivity index (χ0) is 14.8. The van der Waals surface area contributed by atoms with E-state index in [1.54, 1.807) is 25.3 Å². The molecule has 1 aromatic carbocycles. The van der Waals surface area contributed by atoms with Gasteiger partial charge in [-0.15, -0.1) is 0 Å². The molecule has 2 N–H and O–H groups in total. The first-order valence-corrected chi connectivity index (χ1v) is 7.25. The number of amides is 1. The lowest BCUT2D eigenvalue weighted by Gasteiger charge is -2.21. The van der Waals surface area contributed by atoms with Crippen molar-refractivity contribution in [1.82, 2.24) is 9.88 Å². The van der Waals surface area contributed by atoms with Crippen LogP contribution in [0.5, 0.6) is 5.75 Å². The summed E-state index contributed by atoms with van der Waals surface area (Å²) in [6, 6.07) is 7.30. The van der Waals surface area contributed by atoms with Gasteiger partial charge in [0.15, 0.2) is 6.10 Å². The van der Waals surface area contributed by atoms with Gasteiger partial charge in [-0.1, -0.05) is 0 Å². The minimum absolute atomic E-state index is 0.0356. The first kappa shape index (κ1) is 13.7. The number of fused-ring (bicyclic) bond motifs is 1. The van der Waals surface area contributed by atoms with E-state index >= 15 is 0 Å². The fraction of sp³-hybridized carbons (Fsp3) is 0.375. The van der Waals surface area contributed by atoms with Gasteiger partial charge in [-0.3, -0.25) is 9.78 Å². The maximum absolute atomic E-state index is 12.3. The lowest BCUT2D eigenvalue weighted by Crippen LogP contribution is -2.38. The van der Waals surface area contributed by atoms with E-state index in [2.05, 4.69) is 4.98 Å². The monoisotopic (exact) mass is 285 g/mol. The molecule has 2 aromatic rings. The number of likely N-dealkylation sites (tertiary alicyclic amines) is 1. The van der Waals surface area contributed by atoms with Crippen LogP contribution in [0.3, 0.4) is 0 Å². The Kier molecular flexibility index (Phi) is 3.64. The van der Waals surface area contributed by atoms with E-state index in [1.165, 1.54) is 0 Å². The molecule has 1 aliphatic rings. The second-order valence-electron chi connectivity index (χ2n) is 5.34. The van der Waals surface area contributed by atoms with Crippen molar-refractivity contribution in [3.63, 3.8) is 0 Å². The summed E-state index contributed by atoms with van der Waals surface area (Å²) in [7, 11) is 0. The molecule has 5 heteroatoms. The number of hydrogen-bond donors (Lipinski definition) is 1. The van der Waals surface area contributed by atoms with Crippen LogP contribution in [0.1, 0.15) is 19.8 Å². The predicted octanol–water partition coefficient (Wildman–Crippen LogP) is 2.21. The number of nitrogen functional groups attached to an aromatic ring is 1. The van der Waals surface area contributed by atoms with E-state index in [9.17, 15) is 4.79 Å². The Morgan fingerprint density at radius 1 is 1.33 bits per heavy atom. The highest BCUT2D eigenvalue weighted by Crippen LogP contribution is 2.29. The van der Waals surface area contributed by atoms with E-state index in [0.717, 1.165) is 31.3 Å². The molecule has 1 aliphatic heterocycles. The Morgan fingerprint density at radius 3 is 2.86 bits per heavy atom. The van der Waals surface area contributed by atoms with Crippen LogP contribution in [0.4, 0.5) is 5.69 Å². The summed E-state index contributed by atoms with van der Waals surface area (Å²) in [5.74, 6) is 0.633. The van der Waals surface area contributed by atoms with Gasteiger partial charge in [0, 0.05) is 30.4 Å². The van der Waals surface area contributed by atoms with Crippen molar-refractivity contribution < 1.29 is 9.53 Å². The Morgan fingerprint density at radius 2 is 2.10 bits per heavy atom. The number of hydrogen-bond acceptors (Lipinski definition) is 4. The number of carbonyl (C=O) groups is 1. The number of carbonyl (C=O) groups excluding carboxylic acids is 1. The zero-order valence-electron chi connectivity index (χ0n) is 12.1. The molecule has 1 atom stereocenters. The van der Waals surface area contributed by atoms with Crippen molar-refractivity contribution in [2.75, 3.05) is 18.8 Å². The molecule has 5 nitrogen and oxygen atoms in total. The van der Waals surface area contributed by atoms with Gasteiger partial charge in [0.05, 0.1) is 0 Å². The van der Waals surface area contributed by atoms with Crippen molar-refractivity contribution >= 4 is 22.5 Å². The van der Waals surface area contributed by atoms with Gasteiger partial charge < -0.3 is 15.4 Å². The number of pyridine rings is 1. The molecule has 1 unspecified atom stereocenters. The molecule has 0 aliphatic carbocycles. The number of benzene rings is 1. The highest BCUT2D eigenvalue weighted by molar-refractivity contribution is 5.94. The lowest BCUT2D eigenvalue weighted by molar-refractivity contribution is -0.136. The third-order valence-corrected chi connectivity index (χ3v) is 3.84. The Hall–Kier alpha value is -2.30. The van der Waals surface area contributed by atoms with E-state index in [-0.39, 0.29) is 5.91 Å². The molecule has 0 saturated carbocycles. The quantitative estimate of drug-likeness (QED) is 0.878.